The van der Waals surface area contributed by atoms with Crippen molar-refractivity contribution in [1.82, 2.24) is 0 Å². The summed E-state index contributed by atoms with van der Waals surface area (Å²) in [7, 11) is 0. The fraction of sp³-hybridized carbons (Fsp3) is 0.0455. The highest BCUT2D eigenvalue weighted by Gasteiger charge is 2.22. The van der Waals surface area contributed by atoms with E-state index in [1.54, 1.807) is 12.1 Å². The van der Waals surface area contributed by atoms with Crippen molar-refractivity contribution < 1.29 is 30.3 Å². The summed E-state index contributed by atoms with van der Waals surface area (Å²) in [5, 5.41) is 38.3. The van der Waals surface area contributed by atoms with Gasteiger partial charge in [-0.05, 0) is 42.5 Å². The highest BCUT2D eigenvalue weighted by molar-refractivity contribution is 7.26. The summed E-state index contributed by atoms with van der Waals surface area (Å²) in [4.78, 5) is 41.5. The van der Waals surface area contributed by atoms with Crippen molar-refractivity contribution in [3.63, 3.8) is 0 Å². The lowest BCUT2D eigenvalue weighted by atomic mass is 10.1. The molecule has 2 heterocycles. The molecular formula is C22H12O8S2. The van der Waals surface area contributed by atoms with Gasteiger partial charge in [0.2, 0.25) is 0 Å². The lowest BCUT2D eigenvalue weighted by molar-refractivity contribution is -0.323. The normalized spacial score (nSPS) is 12.1. The molecule has 5 aromatic rings. The summed E-state index contributed by atoms with van der Waals surface area (Å²) in [6.45, 7) is 0. The van der Waals surface area contributed by atoms with Gasteiger partial charge < -0.3 is 15.3 Å². The standard InChI is InChI=1S/C22H12O8S2/c23-19-11-3-1-9(21(25)30-29)5-15(11)31-17-8-18-14(7-13(17)19)20(24)12-4-2-10(22(26,27)28)6-16(12)32-18/h1-8,26-29H. The molecule has 0 saturated heterocycles. The van der Waals surface area contributed by atoms with Crippen LogP contribution in [0.5, 0.6) is 0 Å². The third-order valence-corrected chi connectivity index (χ3v) is 7.40. The Hall–Kier alpha value is -3.25. The SMILES string of the molecule is O=C(OO)c1ccc2c(=O)c3cc4c(=O)c5ccc(C(O)(O)O)cc5sc4cc3sc2c1. The molecule has 0 fully saturated rings. The monoisotopic (exact) mass is 468 g/mol. The number of hydrogen-bond acceptors (Lipinski definition) is 10. The number of fused-ring (bicyclic) bond motifs is 4. The largest absolute Gasteiger partial charge is 0.372 e. The topological polar surface area (TPSA) is 141 Å². The van der Waals surface area contributed by atoms with Crippen LogP contribution in [0, 0.1) is 0 Å². The molecule has 0 aliphatic rings. The average Bonchev–Trinajstić information content (AvgIpc) is 2.76. The minimum atomic E-state index is -3.03. The van der Waals surface area contributed by atoms with E-state index in [-0.39, 0.29) is 22.0 Å². The third kappa shape index (κ3) is 3.17. The maximum atomic E-state index is 13.1. The Morgan fingerprint density at radius 2 is 1.25 bits per heavy atom. The van der Waals surface area contributed by atoms with E-state index in [4.69, 9.17) is 5.26 Å². The maximum absolute atomic E-state index is 13.1. The van der Waals surface area contributed by atoms with Gasteiger partial charge in [-0.3, -0.25) is 14.5 Å². The van der Waals surface area contributed by atoms with Gasteiger partial charge in [0.05, 0.1) is 5.56 Å². The molecule has 0 aliphatic heterocycles. The van der Waals surface area contributed by atoms with Crippen molar-refractivity contribution in [3.8, 4) is 0 Å². The van der Waals surface area contributed by atoms with Crippen LogP contribution in [0.2, 0.25) is 0 Å². The van der Waals surface area contributed by atoms with Gasteiger partial charge in [0.25, 0.3) is 0 Å². The van der Waals surface area contributed by atoms with Gasteiger partial charge in [0.15, 0.2) is 10.9 Å². The van der Waals surface area contributed by atoms with Crippen LogP contribution in [0.15, 0.2) is 58.1 Å². The zero-order chi connectivity index (χ0) is 22.8. The Balaban J connectivity index is 1.84. The van der Waals surface area contributed by atoms with E-state index < -0.39 is 11.9 Å². The molecule has 8 nitrogen and oxygen atoms in total. The first-order valence-electron chi connectivity index (χ1n) is 9.12. The van der Waals surface area contributed by atoms with E-state index in [0.29, 0.717) is 40.3 Å². The number of benzene rings is 3. The predicted molar refractivity (Wildman–Crippen MR) is 121 cm³/mol. The Kier molecular flexibility index (Phi) is 4.60. The second-order valence-corrected chi connectivity index (χ2v) is 9.31. The van der Waals surface area contributed by atoms with Crippen molar-refractivity contribution in [2.75, 3.05) is 0 Å². The minimum absolute atomic E-state index is 0.0828. The minimum Gasteiger partial charge on any atom is -0.340 e. The number of aliphatic hydroxyl groups is 3. The van der Waals surface area contributed by atoms with E-state index in [2.05, 4.69) is 4.89 Å². The highest BCUT2D eigenvalue weighted by Crippen LogP contribution is 2.33. The van der Waals surface area contributed by atoms with Crippen LogP contribution in [-0.4, -0.2) is 26.5 Å². The fourth-order valence-electron chi connectivity index (χ4n) is 3.59. The lowest BCUT2D eigenvalue weighted by Gasteiger charge is -2.14. The Labute approximate surface area is 185 Å². The lowest BCUT2D eigenvalue weighted by Crippen LogP contribution is -2.23. The second kappa shape index (κ2) is 7.14. The molecule has 32 heavy (non-hydrogen) atoms. The van der Waals surface area contributed by atoms with Crippen molar-refractivity contribution in [1.29, 1.82) is 0 Å². The molecule has 160 valence electrons. The Morgan fingerprint density at radius 1 is 0.719 bits per heavy atom. The maximum Gasteiger partial charge on any atom is 0.372 e. The molecule has 0 unspecified atom stereocenters. The summed E-state index contributed by atoms with van der Waals surface area (Å²) in [6.07, 6.45) is 0. The van der Waals surface area contributed by atoms with Gasteiger partial charge in [-0.25, -0.2) is 4.79 Å². The summed E-state index contributed by atoms with van der Waals surface area (Å²) in [5.41, 5.74) is -0.726. The average molecular weight is 468 g/mol. The number of carbonyl (C=O) groups excluding carboxylic acids is 1. The predicted octanol–water partition coefficient (Wildman–Crippen LogP) is 2.86. The first-order chi connectivity index (χ1) is 15.2. The van der Waals surface area contributed by atoms with Gasteiger partial charge >= 0.3 is 11.9 Å². The number of hydrogen-bond donors (Lipinski definition) is 4. The van der Waals surface area contributed by atoms with Crippen LogP contribution in [0.25, 0.3) is 40.3 Å². The molecule has 0 radical (unpaired) electrons. The van der Waals surface area contributed by atoms with E-state index in [0.717, 1.165) is 0 Å². The fourth-order valence-corrected chi connectivity index (χ4v) is 5.93. The zero-order valence-electron chi connectivity index (χ0n) is 15.9. The quantitative estimate of drug-likeness (QED) is 0.134. The smallest absolute Gasteiger partial charge is 0.340 e. The molecule has 0 amide bonds. The van der Waals surface area contributed by atoms with Gasteiger partial charge in [0.1, 0.15) is 0 Å². The summed E-state index contributed by atoms with van der Waals surface area (Å²) < 4.78 is 2.08. The van der Waals surface area contributed by atoms with Crippen LogP contribution < -0.4 is 10.9 Å². The molecule has 0 spiro atoms. The first kappa shape index (κ1) is 20.6. The van der Waals surface area contributed by atoms with Gasteiger partial charge in [-0.15, -0.1) is 22.7 Å². The molecular weight excluding hydrogens is 456 g/mol. The second-order valence-electron chi connectivity index (χ2n) is 7.14. The Morgan fingerprint density at radius 3 is 1.81 bits per heavy atom. The molecule has 0 aliphatic carbocycles. The summed E-state index contributed by atoms with van der Waals surface area (Å²) in [6, 6.07) is 11.5. The van der Waals surface area contributed by atoms with Crippen molar-refractivity contribution in [2.45, 2.75) is 5.97 Å². The van der Waals surface area contributed by atoms with Crippen LogP contribution in [-0.2, 0) is 10.9 Å². The first-order valence-corrected chi connectivity index (χ1v) is 10.8. The number of rotatable bonds is 2. The van der Waals surface area contributed by atoms with E-state index in [1.165, 1.54) is 59.1 Å². The molecule has 2 aromatic heterocycles. The van der Waals surface area contributed by atoms with Gasteiger partial charge in [0, 0.05) is 45.9 Å². The summed E-state index contributed by atoms with van der Waals surface area (Å²) >= 11 is 2.43. The van der Waals surface area contributed by atoms with Crippen LogP contribution in [0.1, 0.15) is 15.9 Å². The molecule has 10 heteroatoms. The summed E-state index contributed by atoms with van der Waals surface area (Å²) in [5.74, 6) is -3.98. The van der Waals surface area contributed by atoms with E-state index in [9.17, 15) is 29.7 Å². The molecule has 0 saturated carbocycles. The van der Waals surface area contributed by atoms with E-state index in [1.807, 2.05) is 0 Å². The zero-order valence-corrected chi connectivity index (χ0v) is 17.5. The van der Waals surface area contributed by atoms with Crippen LogP contribution >= 0.6 is 22.7 Å². The third-order valence-electron chi connectivity index (χ3n) is 5.17. The Bertz CT molecular complexity index is 1710. The van der Waals surface area contributed by atoms with Crippen LogP contribution in [0.4, 0.5) is 0 Å². The van der Waals surface area contributed by atoms with Gasteiger partial charge in [-0.2, -0.15) is 5.26 Å². The molecule has 4 N–H and O–H groups in total. The van der Waals surface area contributed by atoms with Crippen molar-refractivity contribution in [2.24, 2.45) is 0 Å². The van der Waals surface area contributed by atoms with Crippen LogP contribution in [0.3, 0.4) is 0 Å². The highest BCUT2D eigenvalue weighted by atomic mass is 32.1. The molecule has 5 rings (SSSR count). The van der Waals surface area contributed by atoms with Crippen molar-refractivity contribution >= 4 is 69.0 Å². The molecule has 0 bridgehead atoms. The molecule has 3 aromatic carbocycles. The number of carbonyl (C=O) groups is 1. The van der Waals surface area contributed by atoms with Gasteiger partial charge in [-0.1, -0.05) is 6.07 Å². The van der Waals surface area contributed by atoms with Crippen molar-refractivity contribution in [3.05, 3.63) is 80.1 Å². The van der Waals surface area contributed by atoms with E-state index >= 15 is 0 Å². The molecule has 0 atom stereocenters.